The topological polar surface area (TPSA) is 45.3 Å². The van der Waals surface area contributed by atoms with Gasteiger partial charge in [-0.05, 0) is 59.7 Å². The van der Waals surface area contributed by atoms with Gasteiger partial charge in [0.25, 0.3) is 0 Å². The van der Waals surface area contributed by atoms with Crippen LogP contribution in [0.5, 0.6) is 0 Å². The molecule has 0 radical (unpaired) electrons. The number of nitrogens with zero attached hydrogens (tertiary/aromatic N) is 2. The van der Waals surface area contributed by atoms with Crippen LogP contribution in [-0.2, 0) is 0 Å². The average Bonchev–Trinajstić information content (AvgIpc) is 2.68. The molecule has 2 aromatic heterocycles. The predicted octanol–water partition coefficient (Wildman–Crippen LogP) is 4.78. The molecule has 2 heterocycles. The van der Waals surface area contributed by atoms with Crippen LogP contribution in [0.4, 0.5) is 8.78 Å². The molecule has 0 N–H and O–H groups in total. The summed E-state index contributed by atoms with van der Waals surface area (Å²) in [6, 6.07) is 18.7. The Balaban J connectivity index is 2.00. The standard InChI is InChI=1S/C22H12F2N2O/c23-17-8-6-14(7-9-17)19-2-1-3-20-22(21(27)10-11-26(19)20)15-4-5-16(13-25)18(24)12-15/h1-12H. The summed E-state index contributed by atoms with van der Waals surface area (Å²) in [7, 11) is 0. The van der Waals surface area contributed by atoms with Crippen molar-refractivity contribution in [2.75, 3.05) is 0 Å². The highest BCUT2D eigenvalue weighted by molar-refractivity contribution is 5.82. The van der Waals surface area contributed by atoms with Gasteiger partial charge in [-0.2, -0.15) is 5.26 Å². The number of nitriles is 1. The summed E-state index contributed by atoms with van der Waals surface area (Å²) in [4.78, 5) is 12.5. The summed E-state index contributed by atoms with van der Waals surface area (Å²) in [5, 5.41) is 8.91. The molecule has 0 aliphatic carbocycles. The highest BCUT2D eigenvalue weighted by Gasteiger charge is 2.13. The fraction of sp³-hybridized carbons (Fsp3) is 0. The van der Waals surface area contributed by atoms with E-state index in [1.165, 1.54) is 30.3 Å². The molecule has 5 heteroatoms. The summed E-state index contributed by atoms with van der Waals surface area (Å²) < 4.78 is 29.1. The van der Waals surface area contributed by atoms with Crippen LogP contribution in [0.25, 0.3) is 27.9 Å². The summed E-state index contributed by atoms with van der Waals surface area (Å²) in [6.07, 6.45) is 1.64. The lowest BCUT2D eigenvalue weighted by molar-refractivity contribution is 0.624. The number of rotatable bonds is 2. The van der Waals surface area contributed by atoms with E-state index in [2.05, 4.69) is 0 Å². The van der Waals surface area contributed by atoms with Gasteiger partial charge in [0.1, 0.15) is 17.7 Å². The number of hydrogen-bond donors (Lipinski definition) is 0. The average molecular weight is 358 g/mol. The second-order valence-corrected chi connectivity index (χ2v) is 6.03. The zero-order chi connectivity index (χ0) is 19.0. The van der Waals surface area contributed by atoms with Crippen molar-refractivity contribution < 1.29 is 8.78 Å². The third-order valence-electron chi connectivity index (χ3n) is 4.42. The molecule has 3 nitrogen and oxygen atoms in total. The minimum Gasteiger partial charge on any atom is -0.316 e. The predicted molar refractivity (Wildman–Crippen MR) is 99.2 cm³/mol. The molecule has 0 atom stereocenters. The SMILES string of the molecule is N#Cc1ccc(-c2c(=O)ccn3c(-c4ccc(F)cc4)cccc23)cc1F. The van der Waals surface area contributed by atoms with Crippen molar-refractivity contribution in [3.63, 3.8) is 0 Å². The number of pyridine rings is 2. The van der Waals surface area contributed by atoms with Crippen LogP contribution in [0.2, 0.25) is 0 Å². The molecule has 2 aromatic carbocycles. The maximum Gasteiger partial charge on any atom is 0.190 e. The molecule has 0 fully saturated rings. The molecule has 130 valence electrons. The molecule has 0 amide bonds. The molecule has 4 aromatic rings. The molecule has 0 spiro atoms. The Morgan fingerprint density at radius 3 is 2.33 bits per heavy atom. The maximum atomic E-state index is 14.1. The fourth-order valence-corrected chi connectivity index (χ4v) is 3.14. The second-order valence-electron chi connectivity index (χ2n) is 6.03. The first-order chi connectivity index (χ1) is 13.1. The summed E-state index contributed by atoms with van der Waals surface area (Å²) in [5.74, 6) is -1.01. The van der Waals surface area contributed by atoms with Gasteiger partial charge in [-0.3, -0.25) is 4.79 Å². The molecule has 0 unspecified atom stereocenters. The van der Waals surface area contributed by atoms with E-state index in [1.54, 1.807) is 47.0 Å². The van der Waals surface area contributed by atoms with Crippen molar-refractivity contribution in [2.24, 2.45) is 0 Å². The first-order valence-corrected chi connectivity index (χ1v) is 8.19. The number of benzene rings is 2. The Morgan fingerprint density at radius 1 is 0.889 bits per heavy atom. The van der Waals surface area contributed by atoms with Gasteiger partial charge in [0.15, 0.2) is 5.43 Å². The Morgan fingerprint density at radius 2 is 1.63 bits per heavy atom. The van der Waals surface area contributed by atoms with Crippen molar-refractivity contribution >= 4 is 5.52 Å². The van der Waals surface area contributed by atoms with Gasteiger partial charge >= 0.3 is 0 Å². The van der Waals surface area contributed by atoms with Crippen molar-refractivity contribution in [3.8, 4) is 28.5 Å². The normalized spacial score (nSPS) is 10.7. The molecular formula is C22H12F2N2O. The molecule has 0 aliphatic rings. The van der Waals surface area contributed by atoms with E-state index in [1.807, 2.05) is 6.07 Å². The van der Waals surface area contributed by atoms with Crippen molar-refractivity contribution in [3.05, 3.63) is 100 Å². The van der Waals surface area contributed by atoms with Crippen LogP contribution in [-0.4, -0.2) is 4.40 Å². The highest BCUT2D eigenvalue weighted by Crippen LogP contribution is 2.27. The third kappa shape index (κ3) is 2.87. The van der Waals surface area contributed by atoms with E-state index in [-0.39, 0.29) is 16.8 Å². The Hall–Kier alpha value is -3.78. The molecule has 0 bridgehead atoms. The van der Waals surface area contributed by atoms with E-state index in [0.29, 0.717) is 16.6 Å². The number of halogens is 2. The monoisotopic (exact) mass is 358 g/mol. The van der Waals surface area contributed by atoms with Gasteiger partial charge < -0.3 is 4.40 Å². The van der Waals surface area contributed by atoms with Crippen LogP contribution in [0.3, 0.4) is 0 Å². The van der Waals surface area contributed by atoms with Crippen molar-refractivity contribution in [1.29, 1.82) is 5.26 Å². The molecule has 0 aliphatic heterocycles. The Bertz CT molecular complexity index is 1270. The smallest absolute Gasteiger partial charge is 0.190 e. The highest BCUT2D eigenvalue weighted by atomic mass is 19.1. The number of aromatic nitrogens is 1. The number of fused-ring (bicyclic) bond motifs is 1. The van der Waals surface area contributed by atoms with E-state index >= 15 is 0 Å². The quantitative estimate of drug-likeness (QED) is 0.517. The van der Waals surface area contributed by atoms with E-state index < -0.39 is 5.82 Å². The first kappa shape index (κ1) is 16.7. The van der Waals surface area contributed by atoms with E-state index in [4.69, 9.17) is 5.26 Å². The minimum atomic E-state index is -0.675. The van der Waals surface area contributed by atoms with Crippen LogP contribution in [0.1, 0.15) is 5.56 Å². The lowest BCUT2D eigenvalue weighted by Crippen LogP contribution is -2.08. The first-order valence-electron chi connectivity index (χ1n) is 8.19. The second kappa shape index (κ2) is 6.50. The third-order valence-corrected chi connectivity index (χ3v) is 4.42. The largest absolute Gasteiger partial charge is 0.316 e. The van der Waals surface area contributed by atoms with Crippen LogP contribution in [0, 0.1) is 23.0 Å². The zero-order valence-corrected chi connectivity index (χ0v) is 14.0. The number of hydrogen-bond acceptors (Lipinski definition) is 2. The van der Waals surface area contributed by atoms with Crippen LogP contribution >= 0.6 is 0 Å². The fourth-order valence-electron chi connectivity index (χ4n) is 3.14. The van der Waals surface area contributed by atoms with Gasteiger partial charge in [0, 0.05) is 12.3 Å². The molecule has 4 rings (SSSR count). The van der Waals surface area contributed by atoms with Gasteiger partial charge in [-0.15, -0.1) is 0 Å². The van der Waals surface area contributed by atoms with Crippen molar-refractivity contribution in [1.82, 2.24) is 4.40 Å². The minimum absolute atomic E-state index is 0.0777. The molecule has 27 heavy (non-hydrogen) atoms. The van der Waals surface area contributed by atoms with E-state index in [0.717, 1.165) is 11.3 Å². The van der Waals surface area contributed by atoms with Gasteiger partial charge in [-0.1, -0.05) is 12.1 Å². The lowest BCUT2D eigenvalue weighted by atomic mass is 10.0. The molecule has 0 saturated heterocycles. The van der Waals surface area contributed by atoms with E-state index in [9.17, 15) is 13.6 Å². The Labute approximate surface area is 153 Å². The summed E-state index contributed by atoms with van der Waals surface area (Å²) in [6.45, 7) is 0. The van der Waals surface area contributed by atoms with Crippen LogP contribution < -0.4 is 5.43 Å². The molecular weight excluding hydrogens is 346 g/mol. The van der Waals surface area contributed by atoms with Crippen LogP contribution in [0.15, 0.2) is 77.7 Å². The van der Waals surface area contributed by atoms with Gasteiger partial charge in [-0.25, -0.2) is 8.78 Å². The van der Waals surface area contributed by atoms with Gasteiger partial charge in [0.05, 0.1) is 22.3 Å². The lowest BCUT2D eigenvalue weighted by Gasteiger charge is -2.13. The summed E-state index contributed by atoms with van der Waals surface area (Å²) >= 11 is 0. The zero-order valence-electron chi connectivity index (χ0n) is 14.0. The molecule has 0 saturated carbocycles. The maximum absolute atomic E-state index is 14.1. The summed E-state index contributed by atoms with van der Waals surface area (Å²) in [5.41, 5.74) is 2.54. The van der Waals surface area contributed by atoms with Crippen molar-refractivity contribution in [2.45, 2.75) is 0 Å². The Kier molecular flexibility index (Phi) is 4.02. The van der Waals surface area contributed by atoms with Gasteiger partial charge in [0.2, 0.25) is 0 Å².